The van der Waals surface area contributed by atoms with E-state index < -0.39 is 8.07 Å². The van der Waals surface area contributed by atoms with Crippen molar-refractivity contribution in [3.63, 3.8) is 0 Å². The molecule has 0 bridgehead atoms. The second kappa shape index (κ2) is 20.5. The number of pyridine rings is 1. The molecule has 1 radical (unpaired) electrons. The van der Waals surface area contributed by atoms with E-state index in [0.29, 0.717) is 5.92 Å². The molecule has 0 atom stereocenters. The van der Waals surface area contributed by atoms with Gasteiger partial charge in [-0.15, -0.1) is 40.5 Å². The van der Waals surface area contributed by atoms with Crippen molar-refractivity contribution in [2.75, 3.05) is 0 Å². The smallest absolute Gasteiger partial charge is 0.162 e. The summed E-state index contributed by atoms with van der Waals surface area (Å²) in [7, 11) is -1.39. The van der Waals surface area contributed by atoms with Crippen molar-refractivity contribution in [3.05, 3.63) is 95.9 Å². The van der Waals surface area contributed by atoms with Crippen LogP contribution in [0.2, 0.25) is 18.1 Å². The molecule has 1 N–H and O–H groups in total. The van der Waals surface area contributed by atoms with Gasteiger partial charge in [-0.25, -0.2) is 0 Å². The number of fused-ring (bicyclic) bond motifs is 2. The summed E-state index contributed by atoms with van der Waals surface area (Å²) in [4.78, 5) is 18.1. The zero-order valence-electron chi connectivity index (χ0n) is 35.7. The first-order valence-electron chi connectivity index (χ1n) is 20.7. The quantitative estimate of drug-likeness (QED) is 0.0522. The monoisotopic (exact) mass is 953 g/mol. The van der Waals surface area contributed by atoms with Gasteiger partial charge in [0.15, 0.2) is 5.78 Å². The van der Waals surface area contributed by atoms with E-state index in [0.717, 1.165) is 42.3 Å². The number of carbonyl (C=O) groups is 1. The summed E-state index contributed by atoms with van der Waals surface area (Å²) in [6.07, 6.45) is 6.90. The summed E-state index contributed by atoms with van der Waals surface area (Å²) in [5.41, 5.74) is 6.28. The molecule has 5 aromatic rings. The van der Waals surface area contributed by atoms with Gasteiger partial charge in [0.05, 0.1) is 13.8 Å². The fraction of sp³-hybridized carbons (Fsp3) is 0.469. The summed E-state index contributed by atoms with van der Waals surface area (Å²) < 4.78 is 1.27. The van der Waals surface area contributed by atoms with Crippen LogP contribution < -0.4 is 5.19 Å². The summed E-state index contributed by atoms with van der Waals surface area (Å²) in [6.45, 7) is 26.8. The van der Waals surface area contributed by atoms with E-state index in [1.54, 1.807) is 5.19 Å². The molecule has 5 rings (SSSR count). The molecule has 55 heavy (non-hydrogen) atoms. The zero-order valence-corrected chi connectivity index (χ0v) is 39.9. The van der Waals surface area contributed by atoms with Crippen molar-refractivity contribution in [2.45, 2.75) is 138 Å². The average molecular weight is 953 g/mol. The van der Waals surface area contributed by atoms with Crippen molar-refractivity contribution in [3.8, 4) is 21.7 Å². The van der Waals surface area contributed by atoms with Gasteiger partial charge in [0.25, 0.3) is 0 Å². The Balaban J connectivity index is 0.000000433. The second-order valence-corrected chi connectivity index (χ2v) is 22.6. The first kappa shape index (κ1) is 46.5. The predicted molar refractivity (Wildman–Crippen MR) is 240 cm³/mol. The van der Waals surface area contributed by atoms with Crippen LogP contribution in [-0.2, 0) is 30.3 Å². The van der Waals surface area contributed by atoms with Crippen LogP contribution in [0.25, 0.3) is 42.6 Å². The fourth-order valence-electron chi connectivity index (χ4n) is 8.12. The van der Waals surface area contributed by atoms with Crippen molar-refractivity contribution < 1.29 is 30.0 Å². The van der Waals surface area contributed by atoms with Crippen LogP contribution in [-0.4, -0.2) is 23.9 Å². The van der Waals surface area contributed by atoms with E-state index in [2.05, 4.69) is 122 Å². The molecule has 0 unspecified atom stereocenters. The molecule has 3 nitrogen and oxygen atoms in total. The maximum absolute atomic E-state index is 11.7. The molecule has 0 aliphatic carbocycles. The molecular weight excluding hydrogens is 887 g/mol. The molecule has 0 fully saturated rings. The SMILES string of the molecule is CCC(CC)C(=O)/C=C(\O)C(CC)CC.CC[Si](CC)(CC)c1ccc(-c2sc3c(-c4[c-]c5ccccc5c(C(C)(C)C)c4)nccc3c2C(C)C)cc1.[Ir]. The first-order valence-corrected chi connectivity index (χ1v) is 24.1. The third-order valence-corrected chi connectivity index (χ3v) is 18.8. The average Bonchev–Trinajstić information content (AvgIpc) is 3.57. The first-order chi connectivity index (χ1) is 25.7. The van der Waals surface area contributed by atoms with E-state index in [-0.39, 0.29) is 48.9 Å². The normalized spacial score (nSPS) is 12.4. The molecule has 3 aromatic carbocycles. The third-order valence-electron chi connectivity index (χ3n) is 11.9. The Labute approximate surface area is 351 Å². The van der Waals surface area contributed by atoms with Crippen LogP contribution in [0.5, 0.6) is 0 Å². The number of carbonyl (C=O) groups excluding carboxylic acids is 1. The molecule has 0 amide bonds. The van der Waals surface area contributed by atoms with Gasteiger partial charge in [0.1, 0.15) is 0 Å². The molecule has 0 saturated carbocycles. The molecular formula is C49H66IrNO2SSi-. The van der Waals surface area contributed by atoms with Gasteiger partial charge >= 0.3 is 0 Å². The van der Waals surface area contributed by atoms with Crippen molar-refractivity contribution in [1.82, 2.24) is 4.98 Å². The Morgan fingerprint density at radius 1 is 0.836 bits per heavy atom. The maximum Gasteiger partial charge on any atom is 0.162 e. The van der Waals surface area contributed by atoms with Gasteiger partial charge in [0.2, 0.25) is 0 Å². The number of nitrogens with zero attached hydrogens (tertiary/aromatic N) is 1. The number of thiophene rings is 1. The molecule has 2 heterocycles. The number of hydrogen-bond donors (Lipinski definition) is 1. The van der Waals surface area contributed by atoms with Crippen LogP contribution in [0.15, 0.2) is 78.7 Å². The molecule has 0 saturated heterocycles. The molecule has 0 aliphatic heterocycles. The summed E-state index contributed by atoms with van der Waals surface area (Å²) in [5.74, 6) is 0.968. The van der Waals surface area contributed by atoms with E-state index in [1.807, 2.05) is 45.2 Å². The number of benzene rings is 3. The minimum atomic E-state index is -1.39. The van der Waals surface area contributed by atoms with Crippen molar-refractivity contribution >= 4 is 51.2 Å². The van der Waals surface area contributed by atoms with Crippen LogP contribution in [0.4, 0.5) is 0 Å². The Morgan fingerprint density at radius 3 is 1.95 bits per heavy atom. The molecule has 2 aromatic heterocycles. The number of aliphatic hydroxyl groups is 1. The van der Waals surface area contributed by atoms with E-state index in [9.17, 15) is 9.90 Å². The summed E-state index contributed by atoms with van der Waals surface area (Å²) >= 11 is 1.90. The van der Waals surface area contributed by atoms with E-state index >= 15 is 0 Å². The number of aliphatic hydroxyl groups excluding tert-OH is 1. The van der Waals surface area contributed by atoms with Gasteiger partial charge in [-0.05, 0) is 59.6 Å². The Hall–Kier alpha value is -2.89. The Kier molecular flexibility index (Phi) is 17.3. The molecule has 0 aliphatic rings. The largest absolute Gasteiger partial charge is 0.512 e. The Bertz CT molecular complexity index is 2020. The van der Waals surface area contributed by atoms with Gasteiger partial charge in [0, 0.05) is 59.5 Å². The zero-order chi connectivity index (χ0) is 39.8. The van der Waals surface area contributed by atoms with Crippen LogP contribution in [0.1, 0.15) is 126 Å². The molecule has 6 heteroatoms. The predicted octanol–water partition coefficient (Wildman–Crippen LogP) is 14.6. The Morgan fingerprint density at radius 2 is 1.42 bits per heavy atom. The van der Waals surface area contributed by atoms with Gasteiger partial charge in [-0.1, -0.05) is 160 Å². The van der Waals surface area contributed by atoms with Crippen molar-refractivity contribution in [2.24, 2.45) is 11.8 Å². The summed E-state index contributed by atoms with van der Waals surface area (Å²) in [6, 6.07) is 30.5. The van der Waals surface area contributed by atoms with Crippen LogP contribution in [0.3, 0.4) is 0 Å². The third kappa shape index (κ3) is 10.4. The second-order valence-electron chi connectivity index (χ2n) is 16.3. The minimum absolute atomic E-state index is 0. The van der Waals surface area contributed by atoms with E-state index in [1.165, 1.54) is 61.2 Å². The van der Waals surface area contributed by atoms with Gasteiger partial charge < -0.3 is 5.11 Å². The van der Waals surface area contributed by atoms with Gasteiger partial charge in [-0.2, -0.15) is 0 Å². The number of allylic oxidation sites excluding steroid dienone is 2. The number of ketones is 1. The van der Waals surface area contributed by atoms with Gasteiger partial charge in [-0.3, -0.25) is 9.78 Å². The summed E-state index contributed by atoms with van der Waals surface area (Å²) in [5, 5.41) is 15.1. The topological polar surface area (TPSA) is 50.2 Å². The maximum atomic E-state index is 11.7. The fourth-order valence-corrected chi connectivity index (χ4v) is 13.2. The van der Waals surface area contributed by atoms with Crippen LogP contribution in [0, 0.1) is 17.9 Å². The number of hydrogen-bond acceptors (Lipinski definition) is 4. The van der Waals surface area contributed by atoms with Crippen LogP contribution >= 0.6 is 11.3 Å². The van der Waals surface area contributed by atoms with Crippen molar-refractivity contribution in [1.29, 1.82) is 0 Å². The number of rotatable bonds is 14. The molecule has 0 spiro atoms. The standard InChI is InChI=1S/C36H42NSSi.C13H24O2.Ir/c1-9-39(10-2,11-3)28-18-16-25(17-19-28)34-32(24(4)5)30-20-21-37-33(35(30)38-34)27-22-26-14-12-13-15-29(26)31(23-27)36(6,7)8;1-5-10(6-2)12(14)9-13(15)11(7-3)8-4;/h12-21,23-24H,9-11H2,1-8H3;9-11,14H,5-8H2,1-4H3;/q-1;;/b;12-9-;. The molecule has 299 valence electrons. The van der Waals surface area contributed by atoms with E-state index in [4.69, 9.17) is 4.98 Å². The minimum Gasteiger partial charge on any atom is -0.512 e. The number of aromatic nitrogens is 1.